The summed E-state index contributed by atoms with van der Waals surface area (Å²) >= 11 is 5.29. The maximum absolute atomic E-state index is 10.1. The van der Waals surface area contributed by atoms with Gasteiger partial charge in [0.05, 0.1) is 6.26 Å². The first kappa shape index (κ1) is 8.24. The number of carbonyl (C=O) groups excluding carboxylic acids is 1. The van der Waals surface area contributed by atoms with Crippen LogP contribution in [-0.2, 0) is 9.53 Å². The van der Waals surface area contributed by atoms with Crippen molar-refractivity contribution in [1.82, 2.24) is 0 Å². The molecule has 0 spiro atoms. The summed E-state index contributed by atoms with van der Waals surface area (Å²) in [6, 6.07) is 0. The molecule has 0 saturated carbocycles. The summed E-state index contributed by atoms with van der Waals surface area (Å²) in [5.41, 5.74) is 0. The van der Waals surface area contributed by atoms with Crippen molar-refractivity contribution in [1.29, 1.82) is 0 Å². The van der Waals surface area contributed by atoms with Crippen molar-refractivity contribution in [3.63, 3.8) is 0 Å². The van der Waals surface area contributed by atoms with E-state index in [0.717, 1.165) is 0 Å². The van der Waals surface area contributed by atoms with Crippen molar-refractivity contribution in [2.75, 3.05) is 0 Å². The number of carbonyl (C=O) groups is 1. The van der Waals surface area contributed by atoms with Crippen LogP contribution in [0.4, 0.5) is 0 Å². The van der Waals surface area contributed by atoms with E-state index >= 15 is 0 Å². The summed E-state index contributed by atoms with van der Waals surface area (Å²) in [5, 5.41) is 0.330. The zero-order valence-corrected chi connectivity index (χ0v) is 5.81. The lowest BCUT2D eigenvalue weighted by atomic mass is 10.6. The molecule has 9 heavy (non-hydrogen) atoms. The van der Waals surface area contributed by atoms with Gasteiger partial charge in [-0.05, 0) is 6.08 Å². The van der Waals surface area contributed by atoms with E-state index in [1.165, 1.54) is 19.3 Å². The molecule has 0 aromatic heterocycles. The summed E-state index contributed by atoms with van der Waals surface area (Å²) in [6.07, 6.45) is 2.58. The highest BCUT2D eigenvalue weighted by molar-refractivity contribution is 6.30. The molecule has 0 aliphatic rings. The molecule has 0 radical (unpaired) electrons. The molecule has 0 heterocycles. The van der Waals surface area contributed by atoms with Gasteiger partial charge in [0, 0.05) is 12.0 Å². The van der Waals surface area contributed by atoms with Gasteiger partial charge in [0.2, 0.25) is 0 Å². The molecule has 2 nitrogen and oxygen atoms in total. The molecule has 0 aromatic rings. The maximum Gasteiger partial charge on any atom is 0.307 e. The minimum Gasteiger partial charge on any atom is -0.435 e. The van der Waals surface area contributed by atoms with Gasteiger partial charge in [0.25, 0.3) is 0 Å². The molecular weight excluding hydrogens is 140 g/mol. The maximum atomic E-state index is 10.1. The summed E-state index contributed by atoms with van der Waals surface area (Å²) in [7, 11) is 0. The Morgan fingerprint density at radius 2 is 2.33 bits per heavy atom. The predicted molar refractivity (Wildman–Crippen MR) is 35.9 cm³/mol. The molecule has 0 rings (SSSR count). The smallest absolute Gasteiger partial charge is 0.307 e. The topological polar surface area (TPSA) is 26.3 Å². The monoisotopic (exact) mass is 146 g/mol. The Hall–Kier alpha value is -0.760. The van der Waals surface area contributed by atoms with E-state index in [-0.39, 0.29) is 5.97 Å². The summed E-state index contributed by atoms with van der Waals surface area (Å²) in [4.78, 5) is 10.1. The van der Waals surface area contributed by atoms with E-state index < -0.39 is 0 Å². The van der Waals surface area contributed by atoms with Gasteiger partial charge in [0.15, 0.2) is 0 Å². The Morgan fingerprint density at radius 1 is 1.78 bits per heavy atom. The van der Waals surface area contributed by atoms with Crippen LogP contribution >= 0.6 is 11.6 Å². The first-order valence-corrected chi connectivity index (χ1v) is 2.69. The van der Waals surface area contributed by atoms with Crippen LogP contribution in [0.3, 0.4) is 0 Å². The van der Waals surface area contributed by atoms with Gasteiger partial charge in [-0.1, -0.05) is 18.2 Å². The van der Waals surface area contributed by atoms with E-state index in [1.54, 1.807) is 0 Å². The highest BCUT2D eigenvalue weighted by Crippen LogP contribution is 1.97. The zero-order chi connectivity index (χ0) is 7.28. The second-order valence-electron chi connectivity index (χ2n) is 1.36. The Balaban J connectivity index is 3.48. The highest BCUT2D eigenvalue weighted by Gasteiger charge is 1.83. The van der Waals surface area contributed by atoms with Gasteiger partial charge in [-0.25, -0.2) is 0 Å². The fraction of sp³-hybridized carbons (Fsp3) is 0.167. The van der Waals surface area contributed by atoms with Gasteiger partial charge in [-0.3, -0.25) is 4.79 Å². The van der Waals surface area contributed by atoms with Gasteiger partial charge >= 0.3 is 5.97 Å². The third-order valence-corrected chi connectivity index (χ3v) is 0.609. The molecule has 0 bridgehead atoms. The molecule has 50 valence electrons. The number of halogens is 1. The summed E-state index contributed by atoms with van der Waals surface area (Å²) < 4.78 is 4.39. The molecule has 0 aliphatic heterocycles. The minimum atomic E-state index is -0.371. The van der Waals surface area contributed by atoms with E-state index in [1.807, 2.05) is 0 Å². The number of hydrogen-bond donors (Lipinski definition) is 0. The molecule has 0 fully saturated rings. The van der Waals surface area contributed by atoms with Crippen LogP contribution < -0.4 is 0 Å². The molecule has 0 unspecified atom stereocenters. The van der Waals surface area contributed by atoms with Crippen molar-refractivity contribution in [2.45, 2.75) is 6.92 Å². The third-order valence-electron chi connectivity index (χ3n) is 0.483. The summed E-state index contributed by atoms with van der Waals surface area (Å²) in [6.45, 7) is 4.65. The van der Waals surface area contributed by atoms with Crippen molar-refractivity contribution in [3.8, 4) is 0 Å². The van der Waals surface area contributed by atoms with Gasteiger partial charge in [-0.2, -0.15) is 0 Å². The van der Waals surface area contributed by atoms with Crippen LogP contribution in [-0.4, -0.2) is 5.97 Å². The average Bonchev–Trinajstić information content (AvgIpc) is 1.63. The van der Waals surface area contributed by atoms with Crippen LogP contribution in [0.1, 0.15) is 6.92 Å². The molecular formula is C6H7ClO2. The number of esters is 1. The SMILES string of the molecule is C=C(Cl)C=COC(C)=O. The van der Waals surface area contributed by atoms with Crippen molar-refractivity contribution in [3.05, 3.63) is 23.9 Å². The standard InChI is InChI=1S/C6H7ClO2/c1-5(7)3-4-9-6(2)8/h3-4H,1H2,2H3. The van der Waals surface area contributed by atoms with Crippen LogP contribution in [0.2, 0.25) is 0 Å². The Labute approximate surface area is 58.8 Å². The summed E-state index contributed by atoms with van der Waals surface area (Å²) in [5.74, 6) is -0.371. The first-order chi connectivity index (χ1) is 4.13. The van der Waals surface area contributed by atoms with E-state index in [4.69, 9.17) is 11.6 Å². The number of hydrogen-bond acceptors (Lipinski definition) is 2. The predicted octanol–water partition coefficient (Wildman–Crippen LogP) is 1.82. The van der Waals surface area contributed by atoms with Crippen LogP contribution in [0.15, 0.2) is 23.9 Å². The molecule has 0 saturated heterocycles. The second kappa shape index (κ2) is 4.15. The molecule has 0 atom stereocenters. The quantitative estimate of drug-likeness (QED) is 0.338. The van der Waals surface area contributed by atoms with Crippen LogP contribution in [0.5, 0.6) is 0 Å². The third kappa shape index (κ3) is 7.24. The number of ether oxygens (including phenoxy) is 1. The second-order valence-corrected chi connectivity index (χ2v) is 1.84. The lowest BCUT2D eigenvalue weighted by molar-refractivity contribution is -0.135. The Kier molecular flexibility index (Phi) is 3.80. The zero-order valence-electron chi connectivity index (χ0n) is 5.06. The minimum absolute atomic E-state index is 0.330. The lowest BCUT2D eigenvalue weighted by Crippen LogP contribution is -1.88. The normalized spacial score (nSPS) is 9.56. The number of allylic oxidation sites excluding steroid dienone is 2. The van der Waals surface area contributed by atoms with E-state index in [9.17, 15) is 4.79 Å². The molecule has 0 aromatic carbocycles. The van der Waals surface area contributed by atoms with Crippen molar-refractivity contribution < 1.29 is 9.53 Å². The molecule has 0 aliphatic carbocycles. The fourth-order valence-electron chi connectivity index (χ4n) is 0.204. The molecule has 3 heteroatoms. The largest absolute Gasteiger partial charge is 0.435 e. The lowest BCUT2D eigenvalue weighted by Gasteiger charge is -1.87. The molecule has 0 N–H and O–H groups in total. The van der Waals surface area contributed by atoms with E-state index in [2.05, 4.69) is 11.3 Å². The van der Waals surface area contributed by atoms with Crippen molar-refractivity contribution >= 4 is 17.6 Å². The highest BCUT2D eigenvalue weighted by atomic mass is 35.5. The van der Waals surface area contributed by atoms with Crippen LogP contribution in [0.25, 0.3) is 0 Å². The molecule has 0 amide bonds. The average molecular weight is 147 g/mol. The van der Waals surface area contributed by atoms with Gasteiger partial charge in [0.1, 0.15) is 0 Å². The number of rotatable bonds is 2. The Bertz CT molecular complexity index is 149. The fourth-order valence-corrected chi connectivity index (χ4v) is 0.255. The first-order valence-electron chi connectivity index (χ1n) is 2.31. The van der Waals surface area contributed by atoms with E-state index in [0.29, 0.717) is 5.03 Å². The van der Waals surface area contributed by atoms with Crippen LogP contribution in [0, 0.1) is 0 Å². The van der Waals surface area contributed by atoms with Gasteiger partial charge < -0.3 is 4.74 Å². The Morgan fingerprint density at radius 3 is 2.67 bits per heavy atom. The van der Waals surface area contributed by atoms with Gasteiger partial charge in [-0.15, -0.1) is 0 Å². The van der Waals surface area contributed by atoms with Crippen molar-refractivity contribution in [2.24, 2.45) is 0 Å².